The third kappa shape index (κ3) is 5.36. The largest absolute Gasteiger partial charge is 0.481 e. The van der Waals surface area contributed by atoms with E-state index in [4.69, 9.17) is 11.2 Å². The van der Waals surface area contributed by atoms with Gasteiger partial charge in [0.05, 0.1) is 10.6 Å². The molecule has 0 bridgehead atoms. The number of carbonyl (C=O) groups is 1. The van der Waals surface area contributed by atoms with Gasteiger partial charge in [-0.1, -0.05) is 25.0 Å². The highest BCUT2D eigenvalue weighted by Gasteiger charge is 2.12. The molecule has 0 fully saturated rings. The zero-order valence-electron chi connectivity index (χ0n) is 14.6. The van der Waals surface area contributed by atoms with Crippen LogP contribution in [0.2, 0.25) is 0 Å². The van der Waals surface area contributed by atoms with Crippen LogP contribution < -0.4 is 10.1 Å². The average Bonchev–Trinajstić information content (AvgIpc) is 2.67. The first-order chi connectivity index (χ1) is 12.5. The van der Waals surface area contributed by atoms with Crippen molar-refractivity contribution in [1.82, 2.24) is 5.32 Å². The first-order valence-electron chi connectivity index (χ1n) is 8.22. The third-order valence-corrected chi connectivity index (χ3v) is 5.55. The van der Waals surface area contributed by atoms with Gasteiger partial charge in [-0.15, -0.1) is 6.42 Å². The fourth-order valence-corrected chi connectivity index (χ4v) is 3.16. The first-order valence-corrected chi connectivity index (χ1v) is 9.87. The molecule has 0 radical (unpaired) electrons. The number of sulfone groups is 1. The summed E-state index contributed by atoms with van der Waals surface area (Å²) in [7, 11) is -3.26. The maximum atomic E-state index is 12.1. The van der Waals surface area contributed by atoms with Gasteiger partial charge < -0.3 is 10.1 Å². The Bertz CT molecular complexity index is 879. The van der Waals surface area contributed by atoms with Crippen LogP contribution in [0, 0.1) is 12.3 Å². The first kappa shape index (κ1) is 19.5. The molecule has 136 valence electrons. The zero-order chi connectivity index (χ0) is 19.0. The van der Waals surface area contributed by atoms with Crippen molar-refractivity contribution in [3.8, 4) is 18.1 Å². The van der Waals surface area contributed by atoms with E-state index in [9.17, 15) is 13.2 Å². The highest BCUT2D eigenvalue weighted by Crippen LogP contribution is 2.13. The summed E-state index contributed by atoms with van der Waals surface area (Å²) >= 11 is 0. The van der Waals surface area contributed by atoms with E-state index in [-0.39, 0.29) is 23.2 Å². The molecular weight excluding hydrogens is 350 g/mol. The van der Waals surface area contributed by atoms with Crippen LogP contribution in [0.5, 0.6) is 5.75 Å². The molecule has 0 aromatic heterocycles. The van der Waals surface area contributed by atoms with Gasteiger partial charge in [-0.3, -0.25) is 4.79 Å². The molecule has 0 spiro atoms. The van der Waals surface area contributed by atoms with Gasteiger partial charge >= 0.3 is 0 Å². The molecule has 0 unspecified atom stereocenters. The molecule has 26 heavy (non-hydrogen) atoms. The molecule has 0 atom stereocenters. The second-order valence-corrected chi connectivity index (χ2v) is 7.85. The molecule has 2 aromatic carbocycles. The molecular formula is C20H21NO4S. The summed E-state index contributed by atoms with van der Waals surface area (Å²) in [5, 5.41) is 2.82. The highest BCUT2D eigenvalue weighted by molar-refractivity contribution is 7.91. The minimum absolute atomic E-state index is 0.0328. The lowest BCUT2D eigenvalue weighted by molar-refractivity contribution is 0.0954. The smallest absolute Gasteiger partial charge is 0.251 e. The van der Waals surface area contributed by atoms with Crippen molar-refractivity contribution < 1.29 is 17.9 Å². The van der Waals surface area contributed by atoms with Crippen LogP contribution in [0.15, 0.2) is 53.4 Å². The molecule has 0 aliphatic rings. The topological polar surface area (TPSA) is 72.5 Å². The van der Waals surface area contributed by atoms with E-state index in [1.54, 1.807) is 6.92 Å². The van der Waals surface area contributed by atoms with Gasteiger partial charge in [-0.2, -0.15) is 0 Å². The molecule has 0 heterocycles. The predicted molar refractivity (Wildman–Crippen MR) is 101 cm³/mol. The van der Waals surface area contributed by atoms with Gasteiger partial charge in [0.2, 0.25) is 0 Å². The van der Waals surface area contributed by atoms with Crippen molar-refractivity contribution >= 4 is 15.7 Å². The van der Waals surface area contributed by atoms with E-state index in [1.807, 2.05) is 24.3 Å². The van der Waals surface area contributed by atoms with Crippen molar-refractivity contribution in [2.24, 2.45) is 0 Å². The van der Waals surface area contributed by atoms with Crippen molar-refractivity contribution in [2.45, 2.75) is 18.2 Å². The summed E-state index contributed by atoms with van der Waals surface area (Å²) in [4.78, 5) is 12.4. The number of carbonyl (C=O) groups excluding carboxylic acids is 1. The lowest BCUT2D eigenvalue weighted by Gasteiger charge is -2.07. The van der Waals surface area contributed by atoms with Gasteiger partial charge in [-0.25, -0.2) is 8.42 Å². The number of hydrogen-bond donors (Lipinski definition) is 1. The number of nitrogens with one attached hydrogen (secondary N) is 1. The molecule has 0 saturated carbocycles. The Morgan fingerprint density at radius 1 is 1.12 bits per heavy atom. The van der Waals surface area contributed by atoms with Crippen LogP contribution in [-0.2, 0) is 16.3 Å². The molecule has 5 nitrogen and oxygen atoms in total. The molecule has 2 rings (SSSR count). The second kappa shape index (κ2) is 9.07. The monoisotopic (exact) mass is 371 g/mol. The number of ether oxygens (including phenoxy) is 1. The van der Waals surface area contributed by atoms with E-state index in [0.29, 0.717) is 24.3 Å². The normalized spacial score (nSPS) is 10.8. The van der Waals surface area contributed by atoms with Gasteiger partial charge in [0.25, 0.3) is 5.91 Å². The molecule has 0 aliphatic carbocycles. The lowest BCUT2D eigenvalue weighted by atomic mass is 10.1. The fourth-order valence-electron chi connectivity index (χ4n) is 2.28. The van der Waals surface area contributed by atoms with E-state index >= 15 is 0 Å². The van der Waals surface area contributed by atoms with Gasteiger partial charge in [0, 0.05) is 12.1 Å². The van der Waals surface area contributed by atoms with Gasteiger partial charge in [-0.05, 0) is 48.4 Å². The number of amides is 1. The minimum Gasteiger partial charge on any atom is -0.481 e. The average molecular weight is 371 g/mol. The van der Waals surface area contributed by atoms with E-state index < -0.39 is 9.84 Å². The fraction of sp³-hybridized carbons (Fsp3) is 0.250. The number of terminal acetylenes is 1. The quantitative estimate of drug-likeness (QED) is 0.724. The second-order valence-electron chi connectivity index (χ2n) is 5.57. The SMILES string of the molecule is C#CCOc1ccc(CCNC(=O)c2ccc(S(=O)(=O)CC)cc2)cc1. The van der Waals surface area contributed by atoms with Crippen LogP contribution >= 0.6 is 0 Å². The Balaban J connectivity index is 1.86. The predicted octanol–water partition coefficient (Wildman–Crippen LogP) is 2.46. The maximum Gasteiger partial charge on any atom is 0.251 e. The van der Waals surface area contributed by atoms with E-state index in [0.717, 1.165) is 5.56 Å². The number of rotatable bonds is 8. The van der Waals surface area contributed by atoms with Crippen LogP contribution in [0.1, 0.15) is 22.8 Å². The molecule has 6 heteroatoms. The standard InChI is InChI=1S/C20H21NO4S/c1-3-15-25-18-9-5-16(6-10-18)13-14-21-20(22)17-7-11-19(12-8-17)26(23,24)4-2/h1,5-12H,4,13-15H2,2H3,(H,21,22). The van der Waals surface area contributed by atoms with Crippen molar-refractivity contribution in [3.05, 3.63) is 59.7 Å². The summed E-state index contributed by atoms with van der Waals surface area (Å²) in [6.45, 7) is 2.29. The summed E-state index contributed by atoms with van der Waals surface area (Å²) in [6, 6.07) is 13.5. The Morgan fingerprint density at radius 3 is 2.35 bits per heavy atom. The Kier molecular flexibility index (Phi) is 6.81. The van der Waals surface area contributed by atoms with Crippen molar-refractivity contribution in [3.63, 3.8) is 0 Å². The minimum atomic E-state index is -3.26. The zero-order valence-corrected chi connectivity index (χ0v) is 15.4. The summed E-state index contributed by atoms with van der Waals surface area (Å²) < 4.78 is 28.9. The molecule has 0 aliphatic heterocycles. The van der Waals surface area contributed by atoms with Crippen LogP contribution in [0.3, 0.4) is 0 Å². The molecule has 2 aromatic rings. The molecule has 0 saturated heterocycles. The van der Waals surface area contributed by atoms with Crippen molar-refractivity contribution in [1.29, 1.82) is 0 Å². The third-order valence-electron chi connectivity index (χ3n) is 3.80. The summed E-state index contributed by atoms with van der Waals surface area (Å²) in [5.74, 6) is 2.91. The van der Waals surface area contributed by atoms with E-state index in [1.165, 1.54) is 24.3 Å². The van der Waals surface area contributed by atoms with Crippen LogP contribution in [0.25, 0.3) is 0 Å². The Labute approximate surface area is 154 Å². The Hall–Kier alpha value is -2.78. The highest BCUT2D eigenvalue weighted by atomic mass is 32.2. The molecule has 1 N–H and O–H groups in total. The van der Waals surface area contributed by atoms with Gasteiger partial charge in [0.15, 0.2) is 9.84 Å². The summed E-state index contributed by atoms with van der Waals surface area (Å²) in [6.07, 6.45) is 5.81. The summed E-state index contributed by atoms with van der Waals surface area (Å²) in [5.41, 5.74) is 1.49. The van der Waals surface area contributed by atoms with Crippen LogP contribution in [-0.4, -0.2) is 33.2 Å². The molecule has 1 amide bonds. The maximum absolute atomic E-state index is 12.1. The number of benzene rings is 2. The van der Waals surface area contributed by atoms with Crippen LogP contribution in [0.4, 0.5) is 0 Å². The Morgan fingerprint density at radius 2 is 1.77 bits per heavy atom. The van der Waals surface area contributed by atoms with E-state index in [2.05, 4.69) is 11.2 Å². The van der Waals surface area contributed by atoms with Crippen molar-refractivity contribution in [2.75, 3.05) is 18.9 Å². The lowest BCUT2D eigenvalue weighted by Crippen LogP contribution is -2.25. The number of hydrogen-bond acceptors (Lipinski definition) is 4. The van der Waals surface area contributed by atoms with Gasteiger partial charge in [0.1, 0.15) is 12.4 Å².